The highest BCUT2D eigenvalue weighted by Gasteiger charge is 2.25. The Morgan fingerprint density at radius 1 is 1.13 bits per heavy atom. The van der Waals surface area contributed by atoms with Gasteiger partial charge in [0.1, 0.15) is 5.82 Å². The molecule has 2 N–H and O–H groups in total. The van der Waals surface area contributed by atoms with Crippen molar-refractivity contribution in [3.63, 3.8) is 0 Å². The van der Waals surface area contributed by atoms with Gasteiger partial charge in [-0.05, 0) is 55.6 Å². The highest BCUT2D eigenvalue weighted by Crippen LogP contribution is 2.25. The average molecular weight is 427 g/mol. The third-order valence-corrected chi connectivity index (χ3v) is 6.17. The smallest absolute Gasteiger partial charge is 0.191 e. The van der Waals surface area contributed by atoms with Crippen LogP contribution in [0.25, 0.3) is 0 Å². The molecule has 2 aromatic rings. The number of halogens is 1. The zero-order chi connectivity index (χ0) is 20.8. The maximum Gasteiger partial charge on any atom is 0.191 e. The summed E-state index contributed by atoms with van der Waals surface area (Å²) in [5.74, 6) is 1.69. The van der Waals surface area contributed by atoms with E-state index in [1.807, 2.05) is 19.2 Å². The van der Waals surface area contributed by atoms with Crippen molar-refractivity contribution in [2.24, 2.45) is 4.99 Å². The summed E-state index contributed by atoms with van der Waals surface area (Å²) in [4.78, 5) is 13.6. The highest BCUT2D eigenvalue weighted by molar-refractivity contribution is 6.32. The molecule has 2 fully saturated rings. The molecule has 1 aromatic heterocycles. The minimum atomic E-state index is 0.317. The fraction of sp³-hybridized carbons (Fsp3) is 0.478. The second-order valence-electron chi connectivity index (χ2n) is 8.11. The van der Waals surface area contributed by atoms with Crippen LogP contribution in [0.1, 0.15) is 30.4 Å². The van der Waals surface area contributed by atoms with Gasteiger partial charge in [0.05, 0.1) is 5.02 Å². The summed E-state index contributed by atoms with van der Waals surface area (Å²) < 4.78 is 0. The van der Waals surface area contributed by atoms with Crippen LogP contribution in [0.15, 0.2) is 47.6 Å². The lowest BCUT2D eigenvalue weighted by molar-refractivity contribution is 0.331. The molecule has 160 valence electrons. The lowest BCUT2D eigenvalue weighted by Crippen LogP contribution is -2.44. The molecular weight excluding hydrogens is 396 g/mol. The predicted octanol–water partition coefficient (Wildman–Crippen LogP) is 3.27. The van der Waals surface area contributed by atoms with Crippen molar-refractivity contribution in [1.82, 2.24) is 20.5 Å². The number of nitrogens with one attached hydrogen (secondary N) is 2. The van der Waals surface area contributed by atoms with Crippen LogP contribution in [0.3, 0.4) is 0 Å². The number of likely N-dealkylation sites (tertiary alicyclic amines) is 1. The lowest BCUT2D eigenvalue weighted by atomic mass is 10.1. The normalized spacial score (nSPS) is 20.0. The van der Waals surface area contributed by atoms with Crippen molar-refractivity contribution in [3.05, 3.63) is 58.7 Å². The van der Waals surface area contributed by atoms with Crippen LogP contribution in [-0.2, 0) is 13.1 Å². The molecule has 4 rings (SSSR count). The number of hydrogen-bond donors (Lipinski definition) is 2. The summed E-state index contributed by atoms with van der Waals surface area (Å²) in [5, 5.41) is 7.68. The molecule has 30 heavy (non-hydrogen) atoms. The monoisotopic (exact) mass is 426 g/mol. The van der Waals surface area contributed by atoms with Gasteiger partial charge in [-0.15, -0.1) is 0 Å². The van der Waals surface area contributed by atoms with Crippen LogP contribution in [0, 0.1) is 0 Å². The Hall–Kier alpha value is -2.31. The van der Waals surface area contributed by atoms with E-state index in [0.29, 0.717) is 11.1 Å². The van der Waals surface area contributed by atoms with Gasteiger partial charge in [-0.25, -0.2) is 4.98 Å². The van der Waals surface area contributed by atoms with E-state index in [4.69, 9.17) is 11.6 Å². The molecule has 0 saturated carbocycles. The molecule has 1 atom stereocenters. The average Bonchev–Trinajstić information content (AvgIpc) is 3.45. The third-order valence-electron chi connectivity index (χ3n) is 5.88. The summed E-state index contributed by atoms with van der Waals surface area (Å²) in [5.41, 5.74) is 2.65. The molecule has 2 aliphatic rings. The van der Waals surface area contributed by atoms with Gasteiger partial charge in [-0.3, -0.25) is 9.89 Å². The Morgan fingerprint density at radius 2 is 1.90 bits per heavy atom. The maximum atomic E-state index is 6.30. The summed E-state index contributed by atoms with van der Waals surface area (Å²) in [6, 6.07) is 13.0. The van der Waals surface area contributed by atoms with Gasteiger partial charge in [0.25, 0.3) is 0 Å². The predicted molar refractivity (Wildman–Crippen MR) is 124 cm³/mol. The molecule has 6 nitrogen and oxygen atoms in total. The van der Waals surface area contributed by atoms with E-state index in [1.165, 1.54) is 37.1 Å². The molecule has 0 radical (unpaired) electrons. The largest absolute Gasteiger partial charge is 0.353 e. The molecule has 0 aliphatic carbocycles. The zero-order valence-electron chi connectivity index (χ0n) is 17.6. The molecular formula is C23H31ClN6. The molecule has 0 amide bonds. The Balaban J connectivity index is 1.24. The molecule has 2 saturated heterocycles. The lowest BCUT2D eigenvalue weighted by Gasteiger charge is -2.20. The topological polar surface area (TPSA) is 55.8 Å². The van der Waals surface area contributed by atoms with Gasteiger partial charge in [0.15, 0.2) is 5.96 Å². The second-order valence-corrected chi connectivity index (χ2v) is 8.52. The van der Waals surface area contributed by atoms with Crippen molar-refractivity contribution < 1.29 is 0 Å². The molecule has 2 aliphatic heterocycles. The van der Waals surface area contributed by atoms with Gasteiger partial charge in [0.2, 0.25) is 0 Å². The Kier molecular flexibility index (Phi) is 7.07. The fourth-order valence-corrected chi connectivity index (χ4v) is 4.46. The Morgan fingerprint density at radius 3 is 2.63 bits per heavy atom. The third kappa shape index (κ3) is 5.43. The zero-order valence-corrected chi connectivity index (χ0v) is 18.4. The first-order valence-corrected chi connectivity index (χ1v) is 11.2. The summed E-state index contributed by atoms with van der Waals surface area (Å²) in [6.45, 7) is 6.08. The van der Waals surface area contributed by atoms with E-state index in [0.717, 1.165) is 44.4 Å². The van der Waals surface area contributed by atoms with Crippen LogP contribution >= 0.6 is 11.6 Å². The van der Waals surface area contributed by atoms with Crippen molar-refractivity contribution in [1.29, 1.82) is 0 Å². The van der Waals surface area contributed by atoms with E-state index in [1.54, 1.807) is 6.20 Å². The number of hydrogen-bond acceptors (Lipinski definition) is 4. The number of rotatable bonds is 6. The van der Waals surface area contributed by atoms with Crippen molar-refractivity contribution >= 4 is 23.4 Å². The standard InChI is InChI=1S/C23H31ClN6/c1-25-23(28-20-10-14-30(17-20)22-21(24)5-4-11-26-22)27-15-18-6-8-19(9-7-18)16-29-12-2-3-13-29/h4-9,11,20H,2-3,10,12-17H2,1H3,(H2,25,27,28). The van der Waals surface area contributed by atoms with E-state index in [9.17, 15) is 0 Å². The quantitative estimate of drug-likeness (QED) is 0.548. The first kappa shape index (κ1) is 20.9. The Bertz CT molecular complexity index is 847. The molecule has 3 heterocycles. The number of nitrogens with zero attached hydrogens (tertiary/aromatic N) is 4. The van der Waals surface area contributed by atoms with E-state index in [2.05, 4.69) is 54.7 Å². The van der Waals surface area contributed by atoms with Crippen molar-refractivity contribution in [2.75, 3.05) is 38.1 Å². The number of aliphatic imine (C=N–C) groups is 1. The van der Waals surface area contributed by atoms with Crippen LogP contribution < -0.4 is 15.5 Å². The number of guanidine groups is 1. The first-order valence-electron chi connectivity index (χ1n) is 10.8. The van der Waals surface area contributed by atoms with Gasteiger partial charge in [-0.1, -0.05) is 35.9 Å². The van der Waals surface area contributed by atoms with Gasteiger partial charge in [0, 0.05) is 45.5 Å². The summed E-state index contributed by atoms with van der Waals surface area (Å²) >= 11 is 6.30. The van der Waals surface area contributed by atoms with Gasteiger partial charge >= 0.3 is 0 Å². The molecule has 0 spiro atoms. The minimum Gasteiger partial charge on any atom is -0.353 e. The number of benzene rings is 1. The molecule has 0 bridgehead atoms. The Labute approximate surface area is 184 Å². The summed E-state index contributed by atoms with van der Waals surface area (Å²) in [7, 11) is 1.82. The van der Waals surface area contributed by atoms with Crippen LogP contribution in [0.4, 0.5) is 5.82 Å². The molecule has 7 heteroatoms. The number of anilines is 1. The van der Waals surface area contributed by atoms with Gasteiger partial charge in [-0.2, -0.15) is 0 Å². The minimum absolute atomic E-state index is 0.317. The SMILES string of the molecule is CN=C(NCc1ccc(CN2CCCC2)cc1)NC1CCN(c2ncccc2Cl)C1. The summed E-state index contributed by atoms with van der Waals surface area (Å²) in [6.07, 6.45) is 5.49. The number of aromatic nitrogens is 1. The first-order chi connectivity index (χ1) is 14.7. The van der Waals surface area contributed by atoms with Crippen LogP contribution in [0.2, 0.25) is 5.02 Å². The fourth-order valence-electron chi connectivity index (χ4n) is 4.22. The van der Waals surface area contributed by atoms with Crippen molar-refractivity contribution in [3.8, 4) is 0 Å². The molecule has 1 aromatic carbocycles. The van der Waals surface area contributed by atoms with Crippen LogP contribution in [0.5, 0.6) is 0 Å². The van der Waals surface area contributed by atoms with E-state index >= 15 is 0 Å². The van der Waals surface area contributed by atoms with Gasteiger partial charge < -0.3 is 15.5 Å². The van der Waals surface area contributed by atoms with E-state index in [-0.39, 0.29) is 0 Å². The highest BCUT2D eigenvalue weighted by atomic mass is 35.5. The molecule has 1 unspecified atom stereocenters. The van der Waals surface area contributed by atoms with Crippen LogP contribution in [-0.4, -0.2) is 55.1 Å². The number of pyridine rings is 1. The van der Waals surface area contributed by atoms with E-state index < -0.39 is 0 Å². The van der Waals surface area contributed by atoms with Crippen molar-refractivity contribution in [2.45, 2.75) is 38.4 Å². The maximum absolute atomic E-state index is 6.30. The second kappa shape index (κ2) is 10.1.